The minimum Gasteiger partial charge on any atom is -0.423 e. The molecule has 10 nitrogen and oxygen atoms in total. The molecule has 0 spiro atoms. The standard InChI is InChI=1S/C27H18N4O6/c32-27(20-14-21(30(33)34)16-22(15-20)31(35)36)37-23-12-10-19(11-13-23)26-28-24-8-4-5-9-25(24)29(26)17-18-6-2-1-3-7-18/h1-16H,17H2. The first kappa shape index (κ1) is 23.4. The molecule has 0 unspecified atom stereocenters. The lowest BCUT2D eigenvalue weighted by atomic mass is 10.1. The molecule has 182 valence electrons. The highest BCUT2D eigenvalue weighted by Crippen LogP contribution is 2.28. The van der Waals surface area contributed by atoms with E-state index in [9.17, 15) is 25.0 Å². The first-order valence-corrected chi connectivity index (χ1v) is 11.1. The lowest BCUT2D eigenvalue weighted by Gasteiger charge is -2.10. The summed E-state index contributed by atoms with van der Waals surface area (Å²) in [6, 6.07) is 27.1. The maximum atomic E-state index is 12.6. The summed E-state index contributed by atoms with van der Waals surface area (Å²) in [5.41, 5.74) is 2.28. The fourth-order valence-electron chi connectivity index (χ4n) is 3.98. The zero-order valence-electron chi connectivity index (χ0n) is 19.2. The third-order valence-corrected chi connectivity index (χ3v) is 5.72. The molecule has 10 heteroatoms. The number of nitrogens with zero attached hydrogens (tertiary/aromatic N) is 4. The monoisotopic (exact) mass is 494 g/mol. The van der Waals surface area contributed by atoms with E-state index in [1.54, 1.807) is 24.3 Å². The van der Waals surface area contributed by atoms with Crippen LogP contribution in [0.3, 0.4) is 0 Å². The smallest absolute Gasteiger partial charge is 0.344 e. The van der Waals surface area contributed by atoms with E-state index in [0.29, 0.717) is 6.54 Å². The van der Waals surface area contributed by atoms with Gasteiger partial charge in [-0.05, 0) is 42.0 Å². The van der Waals surface area contributed by atoms with Gasteiger partial charge in [-0.15, -0.1) is 0 Å². The molecule has 0 fully saturated rings. The topological polar surface area (TPSA) is 130 Å². The van der Waals surface area contributed by atoms with Crippen molar-refractivity contribution in [1.29, 1.82) is 0 Å². The molecule has 0 N–H and O–H groups in total. The molecule has 4 aromatic carbocycles. The van der Waals surface area contributed by atoms with Crippen LogP contribution in [0, 0.1) is 20.2 Å². The van der Waals surface area contributed by atoms with Crippen molar-refractivity contribution in [2.75, 3.05) is 0 Å². The Morgan fingerprint density at radius 3 is 2.08 bits per heavy atom. The summed E-state index contributed by atoms with van der Waals surface area (Å²) in [4.78, 5) is 38.0. The molecule has 0 radical (unpaired) electrons. The van der Waals surface area contributed by atoms with E-state index in [0.717, 1.165) is 46.2 Å². The van der Waals surface area contributed by atoms with Gasteiger partial charge < -0.3 is 9.30 Å². The van der Waals surface area contributed by atoms with Crippen molar-refractivity contribution < 1.29 is 19.4 Å². The number of imidazole rings is 1. The van der Waals surface area contributed by atoms with E-state index in [4.69, 9.17) is 9.72 Å². The molecule has 1 heterocycles. The number of hydrogen-bond donors (Lipinski definition) is 0. The molecule has 0 aliphatic carbocycles. The largest absolute Gasteiger partial charge is 0.423 e. The Morgan fingerprint density at radius 1 is 0.811 bits per heavy atom. The van der Waals surface area contributed by atoms with E-state index < -0.39 is 27.2 Å². The molecule has 1 aromatic heterocycles. The summed E-state index contributed by atoms with van der Waals surface area (Å²) < 4.78 is 7.44. The number of aromatic nitrogens is 2. The maximum absolute atomic E-state index is 12.6. The van der Waals surface area contributed by atoms with Crippen molar-refractivity contribution in [3.63, 3.8) is 0 Å². The molecule has 0 saturated heterocycles. The third kappa shape index (κ3) is 4.89. The Balaban J connectivity index is 1.43. The number of fused-ring (bicyclic) bond motifs is 1. The van der Waals surface area contributed by atoms with Gasteiger partial charge in [0, 0.05) is 24.2 Å². The number of non-ortho nitro benzene ring substituents is 2. The average Bonchev–Trinajstić information content (AvgIpc) is 3.27. The molecule has 37 heavy (non-hydrogen) atoms. The van der Waals surface area contributed by atoms with Gasteiger partial charge in [-0.3, -0.25) is 20.2 Å². The van der Waals surface area contributed by atoms with Gasteiger partial charge in [0.1, 0.15) is 11.6 Å². The van der Waals surface area contributed by atoms with Crippen LogP contribution in [0.5, 0.6) is 5.75 Å². The lowest BCUT2D eigenvalue weighted by Crippen LogP contribution is -2.09. The van der Waals surface area contributed by atoms with Crippen molar-refractivity contribution in [1.82, 2.24) is 9.55 Å². The normalized spacial score (nSPS) is 10.8. The minimum absolute atomic E-state index is 0.175. The lowest BCUT2D eigenvalue weighted by molar-refractivity contribution is -0.394. The Kier molecular flexibility index (Phi) is 6.13. The van der Waals surface area contributed by atoms with Crippen molar-refractivity contribution in [3.8, 4) is 17.1 Å². The van der Waals surface area contributed by atoms with E-state index >= 15 is 0 Å². The van der Waals surface area contributed by atoms with E-state index in [1.165, 1.54) is 0 Å². The highest BCUT2D eigenvalue weighted by atomic mass is 16.6. The molecule has 0 amide bonds. The molecular weight excluding hydrogens is 476 g/mol. The van der Waals surface area contributed by atoms with Gasteiger partial charge in [0.25, 0.3) is 11.4 Å². The molecule has 0 bridgehead atoms. The van der Waals surface area contributed by atoms with Crippen LogP contribution < -0.4 is 4.74 Å². The molecule has 0 saturated carbocycles. The molecule has 0 aliphatic heterocycles. The zero-order chi connectivity index (χ0) is 25.9. The third-order valence-electron chi connectivity index (χ3n) is 5.72. The Bertz CT molecular complexity index is 1610. The predicted octanol–water partition coefficient (Wildman–Crippen LogP) is 5.79. The summed E-state index contributed by atoms with van der Waals surface area (Å²) in [6.07, 6.45) is 0. The number of nitro benzene ring substituents is 2. The van der Waals surface area contributed by atoms with Crippen LogP contribution in [0.15, 0.2) is 97.1 Å². The maximum Gasteiger partial charge on any atom is 0.344 e. The van der Waals surface area contributed by atoms with Gasteiger partial charge in [-0.2, -0.15) is 0 Å². The van der Waals surface area contributed by atoms with E-state index in [2.05, 4.69) is 4.57 Å². The number of carbonyl (C=O) groups is 1. The molecule has 5 rings (SSSR count). The molecular formula is C27H18N4O6. The summed E-state index contributed by atoms with van der Waals surface area (Å²) in [5.74, 6) is -0.0401. The highest BCUT2D eigenvalue weighted by Gasteiger charge is 2.21. The second-order valence-electron chi connectivity index (χ2n) is 8.16. The van der Waals surface area contributed by atoms with Gasteiger partial charge in [0.15, 0.2) is 0 Å². The number of hydrogen-bond acceptors (Lipinski definition) is 7. The van der Waals surface area contributed by atoms with Crippen molar-refractivity contribution in [3.05, 3.63) is 128 Å². The van der Waals surface area contributed by atoms with Gasteiger partial charge in [-0.25, -0.2) is 9.78 Å². The SMILES string of the molecule is O=C(Oc1ccc(-c2nc3ccccc3n2Cc2ccccc2)cc1)c1cc([N+](=O)[O-])cc([N+](=O)[O-])c1. The molecule has 5 aromatic rings. The number of para-hydroxylation sites is 2. The summed E-state index contributed by atoms with van der Waals surface area (Å²) >= 11 is 0. The van der Waals surface area contributed by atoms with E-state index in [1.807, 2.05) is 54.6 Å². The van der Waals surface area contributed by atoms with Crippen LogP contribution in [0.2, 0.25) is 0 Å². The van der Waals surface area contributed by atoms with Gasteiger partial charge in [-0.1, -0.05) is 42.5 Å². The molecule has 0 atom stereocenters. The van der Waals surface area contributed by atoms with Crippen LogP contribution in [0.25, 0.3) is 22.4 Å². The average molecular weight is 494 g/mol. The van der Waals surface area contributed by atoms with Crippen molar-refractivity contribution in [2.45, 2.75) is 6.54 Å². The Hall–Kier alpha value is -5.38. The summed E-state index contributed by atoms with van der Waals surface area (Å²) in [6.45, 7) is 0.610. The zero-order valence-corrected chi connectivity index (χ0v) is 19.2. The van der Waals surface area contributed by atoms with Gasteiger partial charge in [0.05, 0.1) is 32.5 Å². The summed E-state index contributed by atoms with van der Waals surface area (Å²) in [5, 5.41) is 22.2. The number of esters is 1. The fourth-order valence-corrected chi connectivity index (χ4v) is 3.98. The highest BCUT2D eigenvalue weighted by molar-refractivity contribution is 5.92. The van der Waals surface area contributed by atoms with Crippen LogP contribution in [0.1, 0.15) is 15.9 Å². The number of ether oxygens (including phenoxy) is 1. The van der Waals surface area contributed by atoms with E-state index in [-0.39, 0.29) is 11.3 Å². The fraction of sp³-hybridized carbons (Fsp3) is 0.0370. The second kappa shape index (κ2) is 9.70. The summed E-state index contributed by atoms with van der Waals surface area (Å²) in [7, 11) is 0. The quantitative estimate of drug-likeness (QED) is 0.121. The van der Waals surface area contributed by atoms with Crippen LogP contribution in [0.4, 0.5) is 11.4 Å². The van der Waals surface area contributed by atoms with Crippen LogP contribution in [-0.2, 0) is 6.54 Å². The van der Waals surface area contributed by atoms with Crippen LogP contribution in [-0.4, -0.2) is 25.4 Å². The molecule has 0 aliphatic rings. The first-order valence-electron chi connectivity index (χ1n) is 11.1. The number of rotatable bonds is 7. The second-order valence-corrected chi connectivity index (χ2v) is 8.16. The number of carbonyl (C=O) groups excluding carboxylic acids is 1. The number of benzene rings is 4. The Morgan fingerprint density at radius 2 is 1.43 bits per heavy atom. The van der Waals surface area contributed by atoms with Gasteiger partial charge >= 0.3 is 5.97 Å². The van der Waals surface area contributed by atoms with Gasteiger partial charge in [0.2, 0.25) is 0 Å². The predicted molar refractivity (Wildman–Crippen MR) is 135 cm³/mol. The van der Waals surface area contributed by atoms with Crippen LogP contribution >= 0.6 is 0 Å². The first-order chi connectivity index (χ1) is 17.9. The Labute approximate surface area is 209 Å². The van der Waals surface area contributed by atoms with Crippen molar-refractivity contribution in [2.24, 2.45) is 0 Å². The number of nitro groups is 2. The minimum atomic E-state index is -0.948. The van der Waals surface area contributed by atoms with Crippen molar-refractivity contribution >= 4 is 28.4 Å².